The molecular weight excluding hydrogens is 347 g/mol. The monoisotopic (exact) mass is 358 g/mol. The van der Waals surface area contributed by atoms with Crippen molar-refractivity contribution in [1.29, 1.82) is 0 Å². The van der Waals surface area contributed by atoms with Gasteiger partial charge in [-0.2, -0.15) is 0 Å². The standard InChI is InChI=1S/C15H13Cl3N2O2/c16-11-3-1-10(2-4-11)8-19-15(21)20-9-22-14-6-5-12(17)7-13(14)18/h1-7H,8-9H2,(H2,19,20,21). The van der Waals surface area contributed by atoms with E-state index in [4.69, 9.17) is 39.5 Å². The summed E-state index contributed by atoms with van der Waals surface area (Å²) in [7, 11) is 0. The molecular formula is C15H13Cl3N2O2. The molecule has 22 heavy (non-hydrogen) atoms. The van der Waals surface area contributed by atoms with Crippen molar-refractivity contribution in [2.45, 2.75) is 6.54 Å². The van der Waals surface area contributed by atoms with Crippen LogP contribution in [-0.4, -0.2) is 12.8 Å². The molecule has 2 N–H and O–H groups in total. The van der Waals surface area contributed by atoms with Gasteiger partial charge in [0.15, 0.2) is 6.73 Å². The van der Waals surface area contributed by atoms with E-state index >= 15 is 0 Å². The van der Waals surface area contributed by atoms with E-state index in [1.165, 1.54) is 0 Å². The molecule has 0 aromatic heterocycles. The van der Waals surface area contributed by atoms with E-state index in [0.717, 1.165) is 5.56 Å². The van der Waals surface area contributed by atoms with Gasteiger partial charge >= 0.3 is 6.03 Å². The third-order valence-corrected chi connectivity index (χ3v) is 3.50. The van der Waals surface area contributed by atoms with Gasteiger partial charge in [0.25, 0.3) is 0 Å². The fourth-order valence-corrected chi connectivity index (χ4v) is 2.21. The molecule has 116 valence electrons. The van der Waals surface area contributed by atoms with Crippen molar-refractivity contribution in [2.75, 3.05) is 6.73 Å². The SMILES string of the molecule is O=C(NCOc1ccc(Cl)cc1Cl)NCc1ccc(Cl)cc1. The Labute approximate surface area is 143 Å². The molecule has 0 bridgehead atoms. The van der Waals surface area contributed by atoms with Crippen LogP contribution in [0.2, 0.25) is 15.1 Å². The van der Waals surface area contributed by atoms with Crippen LogP contribution in [0.3, 0.4) is 0 Å². The van der Waals surface area contributed by atoms with Crippen LogP contribution in [0.5, 0.6) is 5.75 Å². The number of ether oxygens (including phenoxy) is 1. The molecule has 0 spiro atoms. The van der Waals surface area contributed by atoms with Crippen molar-refractivity contribution in [3.8, 4) is 5.75 Å². The number of halogens is 3. The molecule has 4 nitrogen and oxygen atoms in total. The fourth-order valence-electron chi connectivity index (χ4n) is 1.62. The number of carbonyl (C=O) groups is 1. The van der Waals surface area contributed by atoms with Gasteiger partial charge in [0, 0.05) is 16.6 Å². The van der Waals surface area contributed by atoms with E-state index < -0.39 is 0 Å². The fraction of sp³-hybridized carbons (Fsp3) is 0.133. The number of amides is 2. The summed E-state index contributed by atoms with van der Waals surface area (Å²) in [5.74, 6) is 0.448. The molecule has 2 amide bonds. The molecule has 0 fully saturated rings. The molecule has 2 aromatic rings. The average molecular weight is 360 g/mol. The van der Waals surface area contributed by atoms with Crippen LogP contribution in [0, 0.1) is 0 Å². The van der Waals surface area contributed by atoms with E-state index in [9.17, 15) is 4.79 Å². The van der Waals surface area contributed by atoms with Crippen LogP contribution >= 0.6 is 34.8 Å². The number of nitrogens with one attached hydrogen (secondary N) is 2. The molecule has 0 atom stereocenters. The average Bonchev–Trinajstić information content (AvgIpc) is 2.49. The summed E-state index contributed by atoms with van der Waals surface area (Å²) in [6.07, 6.45) is 0. The van der Waals surface area contributed by atoms with Crippen LogP contribution in [0.1, 0.15) is 5.56 Å². The second-order valence-electron chi connectivity index (χ2n) is 4.35. The predicted octanol–water partition coefficient (Wildman–Crippen LogP) is 4.48. The smallest absolute Gasteiger partial charge is 0.317 e. The predicted molar refractivity (Wildman–Crippen MR) is 88.8 cm³/mol. The molecule has 0 aliphatic heterocycles. The maximum atomic E-state index is 11.6. The Balaban J connectivity index is 1.72. The van der Waals surface area contributed by atoms with Gasteiger partial charge in [-0.15, -0.1) is 0 Å². The molecule has 7 heteroatoms. The van der Waals surface area contributed by atoms with E-state index in [2.05, 4.69) is 10.6 Å². The van der Waals surface area contributed by atoms with Crippen LogP contribution in [-0.2, 0) is 6.54 Å². The van der Waals surface area contributed by atoms with Crippen LogP contribution in [0.4, 0.5) is 4.79 Å². The molecule has 0 heterocycles. The summed E-state index contributed by atoms with van der Waals surface area (Å²) in [4.78, 5) is 11.6. The second kappa shape index (κ2) is 8.13. The minimum atomic E-state index is -0.347. The molecule has 0 aliphatic rings. The molecule has 0 saturated carbocycles. The first-order valence-electron chi connectivity index (χ1n) is 6.38. The van der Waals surface area contributed by atoms with Gasteiger partial charge in [-0.25, -0.2) is 4.79 Å². The Hall–Kier alpha value is -1.62. The summed E-state index contributed by atoms with van der Waals surface area (Å²) in [5.41, 5.74) is 0.946. The quantitative estimate of drug-likeness (QED) is 0.773. The third kappa shape index (κ3) is 5.30. The van der Waals surface area contributed by atoms with E-state index in [1.54, 1.807) is 30.3 Å². The highest BCUT2D eigenvalue weighted by molar-refractivity contribution is 6.35. The number of hydrogen-bond donors (Lipinski definition) is 2. The van der Waals surface area contributed by atoms with Gasteiger partial charge in [0.1, 0.15) is 5.75 Å². The number of rotatable bonds is 5. The van der Waals surface area contributed by atoms with E-state index in [-0.39, 0.29) is 12.8 Å². The van der Waals surface area contributed by atoms with E-state index in [1.807, 2.05) is 12.1 Å². The first-order chi connectivity index (χ1) is 10.5. The van der Waals surface area contributed by atoms with Crippen LogP contribution in [0.15, 0.2) is 42.5 Å². The van der Waals surface area contributed by atoms with Crippen LogP contribution in [0.25, 0.3) is 0 Å². The number of carbonyl (C=O) groups excluding carboxylic acids is 1. The van der Waals surface area contributed by atoms with Crippen molar-refractivity contribution < 1.29 is 9.53 Å². The Bertz CT molecular complexity index is 648. The zero-order valence-electron chi connectivity index (χ0n) is 11.4. The topological polar surface area (TPSA) is 50.4 Å². The number of hydrogen-bond acceptors (Lipinski definition) is 2. The molecule has 0 aliphatic carbocycles. The highest BCUT2D eigenvalue weighted by Gasteiger charge is 2.04. The van der Waals surface area contributed by atoms with Crippen molar-refractivity contribution in [1.82, 2.24) is 10.6 Å². The Kier molecular flexibility index (Phi) is 6.19. The van der Waals surface area contributed by atoms with Gasteiger partial charge in [0.2, 0.25) is 0 Å². The zero-order chi connectivity index (χ0) is 15.9. The Morgan fingerprint density at radius 2 is 1.64 bits per heavy atom. The number of benzene rings is 2. The zero-order valence-corrected chi connectivity index (χ0v) is 13.7. The van der Waals surface area contributed by atoms with Crippen molar-refractivity contribution >= 4 is 40.8 Å². The highest BCUT2D eigenvalue weighted by atomic mass is 35.5. The van der Waals surface area contributed by atoms with Crippen LogP contribution < -0.4 is 15.4 Å². The minimum Gasteiger partial charge on any atom is -0.472 e. The van der Waals surface area contributed by atoms with Gasteiger partial charge in [-0.1, -0.05) is 46.9 Å². The lowest BCUT2D eigenvalue weighted by atomic mass is 10.2. The van der Waals surface area contributed by atoms with Gasteiger partial charge < -0.3 is 15.4 Å². The lowest BCUT2D eigenvalue weighted by molar-refractivity contribution is 0.223. The largest absolute Gasteiger partial charge is 0.472 e. The minimum absolute atomic E-state index is 0.00615. The summed E-state index contributed by atoms with van der Waals surface area (Å²) >= 11 is 17.5. The first-order valence-corrected chi connectivity index (χ1v) is 7.52. The van der Waals surface area contributed by atoms with Gasteiger partial charge in [-0.3, -0.25) is 0 Å². The summed E-state index contributed by atoms with van der Waals surface area (Å²) in [6.45, 7) is 0.387. The second-order valence-corrected chi connectivity index (χ2v) is 5.63. The van der Waals surface area contributed by atoms with E-state index in [0.29, 0.717) is 27.4 Å². The van der Waals surface area contributed by atoms with Gasteiger partial charge in [0.05, 0.1) is 5.02 Å². The molecule has 0 radical (unpaired) electrons. The Morgan fingerprint density at radius 3 is 2.32 bits per heavy atom. The summed E-state index contributed by atoms with van der Waals surface area (Å²) < 4.78 is 5.35. The molecule has 0 saturated heterocycles. The lowest BCUT2D eigenvalue weighted by Gasteiger charge is -2.10. The first kappa shape index (κ1) is 16.7. The van der Waals surface area contributed by atoms with Crippen molar-refractivity contribution in [3.63, 3.8) is 0 Å². The number of urea groups is 1. The molecule has 0 unspecified atom stereocenters. The maximum Gasteiger partial charge on any atom is 0.317 e. The van der Waals surface area contributed by atoms with Crippen molar-refractivity contribution in [2.24, 2.45) is 0 Å². The normalized spacial score (nSPS) is 10.1. The molecule has 2 rings (SSSR count). The lowest BCUT2D eigenvalue weighted by Crippen LogP contribution is -2.37. The Morgan fingerprint density at radius 1 is 0.955 bits per heavy atom. The molecule has 2 aromatic carbocycles. The summed E-state index contributed by atoms with van der Waals surface area (Å²) in [6, 6.07) is 11.7. The third-order valence-electron chi connectivity index (χ3n) is 2.72. The van der Waals surface area contributed by atoms with Gasteiger partial charge in [-0.05, 0) is 35.9 Å². The summed E-state index contributed by atoms with van der Waals surface area (Å²) in [5, 5.41) is 6.82. The maximum absolute atomic E-state index is 11.6. The van der Waals surface area contributed by atoms with Crippen molar-refractivity contribution in [3.05, 3.63) is 63.1 Å². The highest BCUT2D eigenvalue weighted by Crippen LogP contribution is 2.27.